The molecule has 0 fully saturated rings. The number of halogens is 1. The Hall–Kier alpha value is -2.42. The van der Waals surface area contributed by atoms with Crippen molar-refractivity contribution < 1.29 is 18.0 Å². The van der Waals surface area contributed by atoms with Crippen molar-refractivity contribution >= 4 is 33.4 Å². The molecule has 1 N–H and O–H groups in total. The minimum absolute atomic E-state index is 0.0404. The zero-order valence-corrected chi connectivity index (χ0v) is 20.4. The lowest BCUT2D eigenvalue weighted by Gasteiger charge is -2.30. The van der Waals surface area contributed by atoms with Gasteiger partial charge in [0, 0.05) is 24.7 Å². The summed E-state index contributed by atoms with van der Waals surface area (Å²) in [6.07, 6.45) is 0.541. The van der Waals surface area contributed by atoms with Gasteiger partial charge in [-0.1, -0.05) is 41.9 Å². The quantitative estimate of drug-likeness (QED) is 0.567. The molecule has 0 heterocycles. The van der Waals surface area contributed by atoms with E-state index in [4.69, 9.17) is 11.6 Å². The molecule has 0 aliphatic rings. The zero-order chi connectivity index (χ0) is 23.9. The van der Waals surface area contributed by atoms with Crippen LogP contribution in [0.15, 0.2) is 59.5 Å². The summed E-state index contributed by atoms with van der Waals surface area (Å²) in [6.45, 7) is 5.22. The zero-order valence-electron chi connectivity index (χ0n) is 18.8. The highest BCUT2D eigenvalue weighted by Crippen LogP contribution is 2.18. The highest BCUT2D eigenvalue weighted by atomic mass is 35.5. The maximum absolute atomic E-state index is 13.2. The number of nitrogens with zero attached hydrogens (tertiary/aromatic N) is 2. The smallest absolute Gasteiger partial charge is 0.243 e. The average Bonchev–Trinajstić information content (AvgIpc) is 2.74. The van der Waals surface area contributed by atoms with E-state index in [1.807, 2.05) is 44.2 Å². The highest BCUT2D eigenvalue weighted by molar-refractivity contribution is 7.89. The second kappa shape index (κ2) is 11.4. The fourth-order valence-electron chi connectivity index (χ4n) is 3.13. The molecule has 2 aromatic rings. The van der Waals surface area contributed by atoms with E-state index in [9.17, 15) is 18.0 Å². The number of benzene rings is 2. The van der Waals surface area contributed by atoms with Crippen LogP contribution in [0.5, 0.6) is 0 Å². The van der Waals surface area contributed by atoms with Gasteiger partial charge in [0.15, 0.2) is 0 Å². The van der Waals surface area contributed by atoms with Gasteiger partial charge in [0.05, 0.1) is 11.4 Å². The van der Waals surface area contributed by atoms with Crippen LogP contribution in [0.25, 0.3) is 0 Å². The van der Waals surface area contributed by atoms with Gasteiger partial charge in [0.25, 0.3) is 0 Å². The molecule has 32 heavy (non-hydrogen) atoms. The largest absolute Gasteiger partial charge is 0.352 e. The molecule has 0 bridgehead atoms. The number of sulfonamides is 1. The summed E-state index contributed by atoms with van der Waals surface area (Å²) in [5.41, 5.74) is 1.02. The Kier molecular flexibility index (Phi) is 9.24. The molecule has 7 nitrogen and oxygen atoms in total. The second-order valence-corrected chi connectivity index (χ2v) is 10.4. The van der Waals surface area contributed by atoms with Crippen molar-refractivity contribution in [2.45, 2.75) is 44.2 Å². The number of carbonyl (C=O) groups excluding carboxylic acids is 2. The van der Waals surface area contributed by atoms with E-state index in [-0.39, 0.29) is 29.9 Å². The van der Waals surface area contributed by atoms with E-state index in [1.165, 1.54) is 36.2 Å². The third-order valence-electron chi connectivity index (χ3n) is 4.96. The van der Waals surface area contributed by atoms with Gasteiger partial charge in [-0.25, -0.2) is 8.42 Å². The normalized spacial score (nSPS) is 12.6. The Labute approximate surface area is 195 Å². The Balaban J connectivity index is 2.19. The van der Waals surface area contributed by atoms with Gasteiger partial charge in [-0.2, -0.15) is 4.31 Å². The molecule has 0 aliphatic heterocycles. The molecule has 0 aromatic heterocycles. The van der Waals surface area contributed by atoms with Crippen LogP contribution in [0.1, 0.15) is 26.3 Å². The van der Waals surface area contributed by atoms with E-state index in [0.29, 0.717) is 11.4 Å². The lowest BCUT2D eigenvalue weighted by Crippen LogP contribution is -2.52. The molecule has 0 unspecified atom stereocenters. The third kappa shape index (κ3) is 7.05. The van der Waals surface area contributed by atoms with E-state index in [2.05, 4.69) is 5.32 Å². The number of hydrogen-bond donors (Lipinski definition) is 1. The third-order valence-corrected chi connectivity index (χ3v) is 7.03. The van der Waals surface area contributed by atoms with Gasteiger partial charge in [0.1, 0.15) is 6.04 Å². The van der Waals surface area contributed by atoms with Crippen LogP contribution in [0.2, 0.25) is 5.02 Å². The molecule has 0 radical (unpaired) electrons. The van der Waals surface area contributed by atoms with Crippen molar-refractivity contribution in [2.24, 2.45) is 0 Å². The maximum atomic E-state index is 13.2. The number of amides is 2. The Morgan fingerprint density at radius 1 is 1.00 bits per heavy atom. The van der Waals surface area contributed by atoms with Gasteiger partial charge in [-0.15, -0.1) is 0 Å². The average molecular weight is 480 g/mol. The lowest BCUT2D eigenvalue weighted by atomic mass is 10.1. The lowest BCUT2D eigenvalue weighted by molar-refractivity contribution is -0.140. The van der Waals surface area contributed by atoms with Crippen LogP contribution in [-0.2, 0) is 26.0 Å². The van der Waals surface area contributed by atoms with Gasteiger partial charge >= 0.3 is 0 Å². The monoisotopic (exact) mass is 479 g/mol. The summed E-state index contributed by atoms with van der Waals surface area (Å²) in [5.74, 6) is -0.739. The standard InChI is InChI=1S/C23H30ClN3O4S/c1-17(2)25-23(29)18(3)27(15-14-19-8-6-5-7-9-19)22(28)16-26(4)32(30,31)21-12-10-20(24)11-13-21/h5-13,17-18H,14-16H2,1-4H3,(H,25,29)/t18-/m1/s1. The fourth-order valence-corrected chi connectivity index (χ4v) is 4.37. The maximum Gasteiger partial charge on any atom is 0.243 e. The molecule has 2 aromatic carbocycles. The Bertz CT molecular complexity index is 1010. The summed E-state index contributed by atoms with van der Waals surface area (Å²) in [4.78, 5) is 27.2. The predicted molar refractivity (Wildman–Crippen MR) is 126 cm³/mol. The first-order valence-electron chi connectivity index (χ1n) is 10.4. The second-order valence-electron chi connectivity index (χ2n) is 7.88. The molecule has 0 saturated heterocycles. The van der Waals surface area contributed by atoms with Crippen molar-refractivity contribution in [3.8, 4) is 0 Å². The van der Waals surface area contributed by atoms with E-state index in [1.54, 1.807) is 6.92 Å². The number of rotatable bonds is 10. The van der Waals surface area contributed by atoms with Crippen LogP contribution in [0, 0.1) is 0 Å². The number of nitrogens with one attached hydrogen (secondary N) is 1. The van der Waals surface area contributed by atoms with Crippen molar-refractivity contribution in [1.82, 2.24) is 14.5 Å². The Morgan fingerprint density at radius 3 is 2.16 bits per heavy atom. The molecule has 0 aliphatic carbocycles. The van der Waals surface area contributed by atoms with Crippen molar-refractivity contribution in [3.05, 3.63) is 65.2 Å². The van der Waals surface area contributed by atoms with Gasteiger partial charge in [0.2, 0.25) is 21.8 Å². The summed E-state index contributed by atoms with van der Waals surface area (Å²) >= 11 is 5.85. The molecular weight excluding hydrogens is 450 g/mol. The number of carbonyl (C=O) groups is 2. The van der Waals surface area contributed by atoms with Crippen LogP contribution in [0.3, 0.4) is 0 Å². The summed E-state index contributed by atoms with van der Waals surface area (Å²) in [6, 6.07) is 14.5. The molecule has 2 rings (SSSR count). The van der Waals surface area contributed by atoms with Crippen LogP contribution in [0.4, 0.5) is 0 Å². The molecule has 174 valence electrons. The summed E-state index contributed by atoms with van der Waals surface area (Å²) < 4.78 is 26.7. The van der Waals surface area contributed by atoms with Gasteiger partial charge < -0.3 is 10.2 Å². The molecular formula is C23H30ClN3O4S. The van der Waals surface area contributed by atoms with Crippen LogP contribution in [-0.4, -0.2) is 61.7 Å². The van der Waals surface area contributed by atoms with Crippen LogP contribution >= 0.6 is 11.6 Å². The minimum atomic E-state index is -3.89. The van der Waals surface area contributed by atoms with E-state index in [0.717, 1.165) is 9.87 Å². The predicted octanol–water partition coefficient (Wildman–Crippen LogP) is 2.94. The van der Waals surface area contributed by atoms with E-state index >= 15 is 0 Å². The molecule has 0 saturated carbocycles. The topological polar surface area (TPSA) is 86.8 Å². The Morgan fingerprint density at radius 2 is 1.59 bits per heavy atom. The van der Waals surface area contributed by atoms with Crippen molar-refractivity contribution in [1.29, 1.82) is 0 Å². The minimum Gasteiger partial charge on any atom is -0.352 e. The van der Waals surface area contributed by atoms with Crippen LogP contribution < -0.4 is 5.32 Å². The number of likely N-dealkylation sites (N-methyl/N-ethyl adjacent to an activating group) is 1. The van der Waals surface area contributed by atoms with Gasteiger partial charge in [-0.3, -0.25) is 9.59 Å². The molecule has 9 heteroatoms. The summed E-state index contributed by atoms with van der Waals surface area (Å²) in [5, 5.41) is 3.23. The molecule has 1 atom stereocenters. The highest BCUT2D eigenvalue weighted by Gasteiger charge is 2.30. The van der Waals surface area contributed by atoms with Crippen molar-refractivity contribution in [2.75, 3.05) is 20.1 Å². The first-order chi connectivity index (χ1) is 15.0. The molecule has 0 spiro atoms. The van der Waals surface area contributed by atoms with E-state index < -0.39 is 22.0 Å². The summed E-state index contributed by atoms with van der Waals surface area (Å²) in [7, 11) is -2.55. The SMILES string of the molecule is CC(C)NC(=O)[C@@H](C)N(CCc1ccccc1)C(=O)CN(C)S(=O)(=O)c1ccc(Cl)cc1. The first-order valence-corrected chi connectivity index (χ1v) is 12.2. The van der Waals surface area contributed by atoms with Crippen molar-refractivity contribution in [3.63, 3.8) is 0 Å². The number of hydrogen-bond acceptors (Lipinski definition) is 4. The first kappa shape index (κ1) is 25.8. The van der Waals surface area contributed by atoms with Gasteiger partial charge in [-0.05, 0) is 57.0 Å². The molecule has 2 amide bonds. The fraction of sp³-hybridized carbons (Fsp3) is 0.391.